The molecule has 0 radical (unpaired) electrons. The van der Waals surface area contributed by atoms with Crippen molar-refractivity contribution in [2.24, 2.45) is 0 Å². The lowest BCUT2D eigenvalue weighted by Crippen LogP contribution is -2.37. The first-order chi connectivity index (χ1) is 8.19. The van der Waals surface area contributed by atoms with Gasteiger partial charge in [0.2, 0.25) is 0 Å². The molecule has 0 atom stereocenters. The van der Waals surface area contributed by atoms with Gasteiger partial charge in [-0.05, 0) is 25.9 Å². The maximum atomic E-state index is 4.14. The van der Waals surface area contributed by atoms with Gasteiger partial charge in [-0.1, -0.05) is 34.3 Å². The van der Waals surface area contributed by atoms with Crippen LogP contribution >= 0.6 is 0 Å². The van der Waals surface area contributed by atoms with Crippen LogP contribution in [0.5, 0.6) is 0 Å². The van der Waals surface area contributed by atoms with Gasteiger partial charge in [-0.2, -0.15) is 0 Å². The highest BCUT2D eigenvalue weighted by molar-refractivity contribution is 4.91. The molecule has 0 aliphatic heterocycles. The van der Waals surface area contributed by atoms with Gasteiger partial charge in [0.1, 0.15) is 0 Å². The fourth-order valence-electron chi connectivity index (χ4n) is 1.93. The zero-order valence-corrected chi connectivity index (χ0v) is 12.3. The third-order valence-corrected chi connectivity index (χ3v) is 3.02. The van der Waals surface area contributed by atoms with Crippen LogP contribution in [-0.4, -0.2) is 49.1 Å². The molecule has 0 heterocycles. The van der Waals surface area contributed by atoms with Crippen LogP contribution in [0.4, 0.5) is 0 Å². The van der Waals surface area contributed by atoms with Gasteiger partial charge in [0.05, 0.1) is 5.82 Å². The molecule has 3 heteroatoms. The quantitative estimate of drug-likeness (QED) is 0.599. The summed E-state index contributed by atoms with van der Waals surface area (Å²) in [5.74, 6) is 1.08. The number of hydrogen-bond donors (Lipinski definition) is 1. The molecule has 1 N–H and O–H groups in total. The van der Waals surface area contributed by atoms with Gasteiger partial charge < -0.3 is 15.1 Å². The Morgan fingerprint density at radius 1 is 0.941 bits per heavy atom. The van der Waals surface area contributed by atoms with Crippen molar-refractivity contribution in [2.45, 2.75) is 40.5 Å². The second-order valence-electron chi connectivity index (χ2n) is 4.39. The molecule has 0 amide bonds. The smallest absolute Gasteiger partial charge is 0.0939 e. The minimum atomic E-state index is 0.991. The number of likely N-dealkylation sites (N-methyl/N-ethyl adjacent to an activating group) is 1. The molecule has 0 unspecified atom stereocenters. The summed E-state index contributed by atoms with van der Waals surface area (Å²) in [5, 5.41) is 3.44. The molecule has 3 nitrogen and oxygen atoms in total. The van der Waals surface area contributed by atoms with Gasteiger partial charge in [0, 0.05) is 26.2 Å². The molecule has 102 valence electrons. The standard InChI is InChI=1S/C14H31N3/c1-6-11-17(12-7-2)14(5)15-10-13-16(8-3)9-4/h15H,5-13H2,1-4H3. The van der Waals surface area contributed by atoms with Gasteiger partial charge in [-0.3, -0.25) is 0 Å². The molecule has 0 aliphatic carbocycles. The van der Waals surface area contributed by atoms with Crippen LogP contribution in [0, 0.1) is 0 Å². The predicted molar refractivity (Wildman–Crippen MR) is 77.1 cm³/mol. The van der Waals surface area contributed by atoms with E-state index in [2.05, 4.69) is 49.4 Å². The lowest BCUT2D eigenvalue weighted by molar-refractivity contribution is 0.285. The SMILES string of the molecule is C=C(NCCN(CC)CC)N(CCC)CCC. The average Bonchev–Trinajstić information content (AvgIpc) is 2.34. The molecular formula is C14H31N3. The molecule has 0 spiro atoms. The van der Waals surface area contributed by atoms with Crippen molar-refractivity contribution in [3.05, 3.63) is 12.4 Å². The summed E-state index contributed by atoms with van der Waals surface area (Å²) in [5.41, 5.74) is 0. The van der Waals surface area contributed by atoms with Gasteiger partial charge >= 0.3 is 0 Å². The van der Waals surface area contributed by atoms with Gasteiger partial charge in [-0.25, -0.2) is 0 Å². The molecule has 0 fully saturated rings. The van der Waals surface area contributed by atoms with Crippen LogP contribution in [-0.2, 0) is 0 Å². The summed E-state index contributed by atoms with van der Waals surface area (Å²) in [7, 11) is 0. The van der Waals surface area contributed by atoms with Crippen molar-refractivity contribution in [2.75, 3.05) is 39.3 Å². The largest absolute Gasteiger partial charge is 0.371 e. The summed E-state index contributed by atoms with van der Waals surface area (Å²) in [6.45, 7) is 19.5. The number of hydrogen-bond acceptors (Lipinski definition) is 3. The Balaban J connectivity index is 3.88. The first-order valence-electron chi connectivity index (χ1n) is 7.09. The zero-order valence-electron chi connectivity index (χ0n) is 12.3. The van der Waals surface area contributed by atoms with E-state index in [0.717, 1.165) is 45.1 Å². The maximum Gasteiger partial charge on any atom is 0.0939 e. The molecule has 0 aromatic heterocycles. The lowest BCUT2D eigenvalue weighted by atomic mass is 10.3. The topological polar surface area (TPSA) is 18.5 Å². The van der Waals surface area contributed by atoms with Crippen LogP contribution in [0.1, 0.15) is 40.5 Å². The minimum absolute atomic E-state index is 0.991. The van der Waals surface area contributed by atoms with E-state index in [1.165, 1.54) is 12.8 Å². The molecule has 0 saturated heterocycles. The van der Waals surface area contributed by atoms with E-state index in [1.54, 1.807) is 0 Å². The maximum absolute atomic E-state index is 4.14. The predicted octanol–water partition coefficient (Wildman–Crippen LogP) is 2.51. The Hall–Kier alpha value is -0.700. The van der Waals surface area contributed by atoms with Crippen molar-refractivity contribution in [3.63, 3.8) is 0 Å². The summed E-state index contributed by atoms with van der Waals surface area (Å²) in [6.07, 6.45) is 2.35. The van der Waals surface area contributed by atoms with Crippen LogP contribution in [0.25, 0.3) is 0 Å². The molecule has 0 aliphatic rings. The van der Waals surface area contributed by atoms with Gasteiger partial charge in [0.15, 0.2) is 0 Å². The Morgan fingerprint density at radius 2 is 1.47 bits per heavy atom. The molecule has 0 aromatic rings. The third-order valence-electron chi connectivity index (χ3n) is 3.02. The highest BCUT2D eigenvalue weighted by Gasteiger charge is 2.05. The Labute approximate surface area is 108 Å². The Kier molecular flexibility index (Phi) is 10.0. The number of nitrogens with one attached hydrogen (secondary N) is 1. The van der Waals surface area contributed by atoms with E-state index in [0.29, 0.717) is 0 Å². The molecular weight excluding hydrogens is 210 g/mol. The van der Waals surface area contributed by atoms with Crippen LogP contribution in [0.2, 0.25) is 0 Å². The molecule has 17 heavy (non-hydrogen) atoms. The first-order valence-corrected chi connectivity index (χ1v) is 7.09. The van der Waals surface area contributed by atoms with E-state index in [1.807, 2.05) is 0 Å². The fourth-order valence-corrected chi connectivity index (χ4v) is 1.93. The first kappa shape index (κ1) is 16.3. The second-order valence-corrected chi connectivity index (χ2v) is 4.39. The summed E-state index contributed by atoms with van der Waals surface area (Å²) in [4.78, 5) is 4.77. The molecule has 0 rings (SSSR count). The Morgan fingerprint density at radius 3 is 1.88 bits per heavy atom. The summed E-state index contributed by atoms with van der Waals surface area (Å²) in [6, 6.07) is 0. The summed E-state index contributed by atoms with van der Waals surface area (Å²) < 4.78 is 0. The van der Waals surface area contributed by atoms with Crippen molar-refractivity contribution in [1.82, 2.24) is 15.1 Å². The van der Waals surface area contributed by atoms with E-state index < -0.39 is 0 Å². The van der Waals surface area contributed by atoms with Gasteiger partial charge in [-0.15, -0.1) is 0 Å². The van der Waals surface area contributed by atoms with E-state index in [-0.39, 0.29) is 0 Å². The van der Waals surface area contributed by atoms with Crippen molar-refractivity contribution in [1.29, 1.82) is 0 Å². The van der Waals surface area contributed by atoms with E-state index in [4.69, 9.17) is 0 Å². The van der Waals surface area contributed by atoms with Crippen LogP contribution < -0.4 is 5.32 Å². The number of nitrogens with zero attached hydrogens (tertiary/aromatic N) is 2. The van der Waals surface area contributed by atoms with E-state index >= 15 is 0 Å². The Bertz CT molecular complexity index is 182. The highest BCUT2D eigenvalue weighted by atomic mass is 15.2. The number of rotatable bonds is 11. The average molecular weight is 241 g/mol. The van der Waals surface area contributed by atoms with Crippen molar-refractivity contribution in [3.8, 4) is 0 Å². The second kappa shape index (κ2) is 10.5. The third kappa shape index (κ3) is 7.27. The lowest BCUT2D eigenvalue weighted by Gasteiger charge is -2.27. The van der Waals surface area contributed by atoms with Crippen LogP contribution in [0.15, 0.2) is 12.4 Å². The minimum Gasteiger partial charge on any atom is -0.371 e. The molecule has 0 aromatic carbocycles. The molecule has 0 saturated carbocycles. The fraction of sp³-hybridized carbons (Fsp3) is 0.857. The normalized spacial score (nSPS) is 10.6. The monoisotopic (exact) mass is 241 g/mol. The molecule has 0 bridgehead atoms. The van der Waals surface area contributed by atoms with E-state index in [9.17, 15) is 0 Å². The van der Waals surface area contributed by atoms with Gasteiger partial charge in [0.25, 0.3) is 0 Å². The van der Waals surface area contributed by atoms with Crippen molar-refractivity contribution < 1.29 is 0 Å². The zero-order chi connectivity index (χ0) is 13.1. The van der Waals surface area contributed by atoms with Crippen molar-refractivity contribution >= 4 is 0 Å². The highest BCUT2D eigenvalue weighted by Crippen LogP contribution is 2.01. The summed E-state index contributed by atoms with van der Waals surface area (Å²) >= 11 is 0. The van der Waals surface area contributed by atoms with Crippen LogP contribution in [0.3, 0.4) is 0 Å².